The topological polar surface area (TPSA) is 111 Å². The van der Waals surface area contributed by atoms with Crippen LogP contribution in [0.2, 0.25) is 0 Å². The lowest BCUT2D eigenvalue weighted by Gasteiger charge is -2.30. The van der Waals surface area contributed by atoms with E-state index in [9.17, 15) is 9.59 Å². The molecule has 28 heavy (non-hydrogen) atoms. The number of carbonyl (C=O) groups excluding carboxylic acids is 2. The third-order valence-corrected chi connectivity index (χ3v) is 5.56. The van der Waals surface area contributed by atoms with Crippen LogP contribution >= 0.6 is 0 Å². The molecule has 0 unspecified atom stereocenters. The maximum atomic E-state index is 12.6. The summed E-state index contributed by atoms with van der Waals surface area (Å²) in [4.78, 5) is 26.7. The van der Waals surface area contributed by atoms with Gasteiger partial charge in [0.15, 0.2) is 0 Å². The fraction of sp³-hybridized carbons (Fsp3) is 0.667. The molecule has 150 valence electrons. The van der Waals surface area contributed by atoms with Crippen LogP contribution in [0.1, 0.15) is 49.3 Å². The predicted molar refractivity (Wildman–Crippen MR) is 98.6 cm³/mol. The molecule has 0 aromatic carbocycles. The van der Waals surface area contributed by atoms with Gasteiger partial charge in [-0.2, -0.15) is 5.10 Å². The van der Waals surface area contributed by atoms with Crippen molar-refractivity contribution in [3.8, 4) is 0 Å². The van der Waals surface area contributed by atoms with E-state index in [1.807, 2.05) is 15.6 Å². The first-order valence-corrected chi connectivity index (χ1v) is 9.94. The van der Waals surface area contributed by atoms with Gasteiger partial charge in [0.2, 0.25) is 11.8 Å². The first-order valence-electron chi connectivity index (χ1n) is 9.94. The number of hydrogen-bond donors (Lipinski definition) is 1. The molecule has 2 aliphatic rings. The van der Waals surface area contributed by atoms with Crippen molar-refractivity contribution in [3.05, 3.63) is 23.3 Å². The van der Waals surface area contributed by atoms with Crippen LogP contribution in [0.3, 0.4) is 0 Å². The average molecular weight is 386 g/mol. The number of hydrogen-bond acceptors (Lipinski definition) is 6. The molecule has 0 saturated heterocycles. The van der Waals surface area contributed by atoms with E-state index < -0.39 is 0 Å². The summed E-state index contributed by atoms with van der Waals surface area (Å²) in [6.07, 6.45) is 4.43. The number of nitrogens with one attached hydrogen (secondary N) is 1. The Labute approximate surface area is 163 Å². The van der Waals surface area contributed by atoms with Crippen LogP contribution in [0, 0.1) is 12.8 Å². The van der Waals surface area contributed by atoms with Gasteiger partial charge in [-0.1, -0.05) is 6.42 Å². The molecule has 0 spiro atoms. The van der Waals surface area contributed by atoms with E-state index in [-0.39, 0.29) is 17.7 Å². The maximum absolute atomic E-state index is 12.6. The zero-order valence-corrected chi connectivity index (χ0v) is 16.2. The summed E-state index contributed by atoms with van der Waals surface area (Å²) in [7, 11) is 0. The highest BCUT2D eigenvalue weighted by Gasteiger charge is 2.30. The van der Waals surface area contributed by atoms with E-state index in [0.717, 1.165) is 43.7 Å². The van der Waals surface area contributed by atoms with Crippen LogP contribution < -0.4 is 5.32 Å². The Morgan fingerprint density at radius 1 is 1.25 bits per heavy atom. The molecule has 10 heteroatoms. The minimum atomic E-state index is -0.0696. The predicted octanol–water partition coefficient (Wildman–Crippen LogP) is 0.417. The van der Waals surface area contributed by atoms with Crippen molar-refractivity contribution in [1.29, 1.82) is 0 Å². The van der Waals surface area contributed by atoms with Crippen molar-refractivity contribution >= 4 is 11.8 Å². The number of rotatable bonds is 6. The van der Waals surface area contributed by atoms with Crippen LogP contribution in [-0.4, -0.2) is 53.2 Å². The van der Waals surface area contributed by atoms with Crippen LogP contribution in [0.4, 0.5) is 0 Å². The summed E-state index contributed by atoms with van der Waals surface area (Å²) in [5.41, 5.74) is 1.86. The van der Waals surface area contributed by atoms with Gasteiger partial charge in [-0.15, -0.1) is 5.10 Å². The molecule has 10 nitrogen and oxygen atoms in total. The minimum Gasteiger partial charge on any atom is -0.350 e. The molecular weight excluding hydrogens is 360 g/mol. The maximum Gasteiger partial charge on any atom is 0.226 e. The largest absolute Gasteiger partial charge is 0.350 e. The van der Waals surface area contributed by atoms with Crippen LogP contribution in [-0.2, 0) is 35.8 Å². The third kappa shape index (κ3) is 4.05. The first-order chi connectivity index (χ1) is 13.6. The number of carbonyl (C=O) groups is 2. The molecule has 3 heterocycles. The van der Waals surface area contributed by atoms with E-state index in [1.165, 1.54) is 6.42 Å². The molecule has 2 aromatic heterocycles. The Morgan fingerprint density at radius 3 is 2.82 bits per heavy atom. The van der Waals surface area contributed by atoms with Gasteiger partial charge in [-0.25, -0.2) is 4.68 Å². The molecule has 1 saturated carbocycles. The Morgan fingerprint density at radius 2 is 2.11 bits per heavy atom. The zero-order valence-electron chi connectivity index (χ0n) is 16.2. The summed E-state index contributed by atoms with van der Waals surface area (Å²) in [5.74, 6) is 1.12. The van der Waals surface area contributed by atoms with E-state index in [1.54, 1.807) is 11.6 Å². The van der Waals surface area contributed by atoms with Gasteiger partial charge in [0.1, 0.15) is 5.82 Å². The van der Waals surface area contributed by atoms with E-state index in [2.05, 4.69) is 25.9 Å². The second-order valence-corrected chi connectivity index (χ2v) is 7.57. The van der Waals surface area contributed by atoms with E-state index >= 15 is 0 Å². The second-order valence-electron chi connectivity index (χ2n) is 7.57. The molecule has 2 aromatic rings. The van der Waals surface area contributed by atoms with Crippen molar-refractivity contribution in [2.75, 3.05) is 6.54 Å². The Bertz CT molecular complexity index is 854. The summed E-state index contributed by atoms with van der Waals surface area (Å²) in [6.45, 7) is 4.83. The Balaban J connectivity index is 1.30. The lowest BCUT2D eigenvalue weighted by molar-refractivity contribution is -0.138. The zero-order chi connectivity index (χ0) is 19.5. The highest BCUT2D eigenvalue weighted by Crippen LogP contribution is 2.29. The highest BCUT2D eigenvalue weighted by molar-refractivity contribution is 5.79. The summed E-state index contributed by atoms with van der Waals surface area (Å²) < 4.78 is 3.58. The van der Waals surface area contributed by atoms with Crippen LogP contribution in [0.5, 0.6) is 0 Å². The molecule has 1 N–H and O–H groups in total. The highest BCUT2D eigenvalue weighted by atomic mass is 16.2. The molecule has 0 radical (unpaired) electrons. The number of tetrazole rings is 1. The Hall–Kier alpha value is -2.78. The number of aryl methyl sites for hydroxylation is 3. The van der Waals surface area contributed by atoms with E-state index in [4.69, 9.17) is 0 Å². The molecular formula is C18H26N8O2. The lowest BCUT2D eigenvalue weighted by atomic mass is 9.84. The SMILES string of the molecule is Cc1nnnn1CCC(=O)NCc1cc2n(n1)CCCN(C(=O)C1CCC1)C2. The first kappa shape index (κ1) is 18.6. The summed E-state index contributed by atoms with van der Waals surface area (Å²) in [5, 5.41) is 18.7. The number of amides is 2. The van der Waals surface area contributed by atoms with Crippen molar-refractivity contribution in [3.63, 3.8) is 0 Å². The molecule has 4 rings (SSSR count). The summed E-state index contributed by atoms with van der Waals surface area (Å²) >= 11 is 0. The average Bonchev–Trinajstić information content (AvgIpc) is 3.16. The standard InChI is InChI=1S/C18H26N8O2/c1-13-20-22-23-25(13)9-6-17(27)19-11-15-10-16-12-24(7-3-8-26(16)21-15)18(28)14-4-2-5-14/h10,14H,2-9,11-12H2,1H3,(H,19,27). The van der Waals surface area contributed by atoms with Crippen molar-refractivity contribution in [2.24, 2.45) is 5.92 Å². The lowest BCUT2D eigenvalue weighted by Crippen LogP contribution is -2.38. The van der Waals surface area contributed by atoms with Gasteiger partial charge >= 0.3 is 0 Å². The monoisotopic (exact) mass is 386 g/mol. The summed E-state index contributed by atoms with van der Waals surface area (Å²) in [6, 6.07) is 2.00. The number of fused-ring (bicyclic) bond motifs is 1. The molecule has 0 bridgehead atoms. The molecule has 2 amide bonds. The minimum absolute atomic E-state index is 0.0696. The van der Waals surface area contributed by atoms with Gasteiger partial charge in [0, 0.05) is 25.4 Å². The van der Waals surface area contributed by atoms with Gasteiger partial charge in [-0.3, -0.25) is 14.3 Å². The third-order valence-electron chi connectivity index (χ3n) is 5.56. The molecule has 1 aliphatic carbocycles. The number of aromatic nitrogens is 6. The molecule has 0 atom stereocenters. The van der Waals surface area contributed by atoms with Gasteiger partial charge in [0.05, 0.1) is 31.0 Å². The van der Waals surface area contributed by atoms with Crippen LogP contribution in [0.15, 0.2) is 6.07 Å². The number of nitrogens with zero attached hydrogens (tertiary/aromatic N) is 7. The smallest absolute Gasteiger partial charge is 0.226 e. The fourth-order valence-corrected chi connectivity index (χ4v) is 3.65. The van der Waals surface area contributed by atoms with Gasteiger partial charge in [-0.05, 0) is 42.7 Å². The quantitative estimate of drug-likeness (QED) is 0.770. The fourth-order valence-electron chi connectivity index (χ4n) is 3.65. The second kappa shape index (κ2) is 8.07. The van der Waals surface area contributed by atoms with Crippen molar-refractivity contribution in [1.82, 2.24) is 40.2 Å². The Kier molecular flexibility index (Phi) is 5.36. The van der Waals surface area contributed by atoms with Gasteiger partial charge < -0.3 is 10.2 Å². The molecule has 1 fully saturated rings. The van der Waals surface area contributed by atoms with Crippen LogP contribution in [0.25, 0.3) is 0 Å². The van der Waals surface area contributed by atoms with E-state index in [0.29, 0.717) is 31.9 Å². The van der Waals surface area contributed by atoms with Crippen molar-refractivity contribution < 1.29 is 9.59 Å². The van der Waals surface area contributed by atoms with Crippen molar-refractivity contribution in [2.45, 2.75) is 65.2 Å². The van der Waals surface area contributed by atoms with Gasteiger partial charge in [0.25, 0.3) is 0 Å². The normalized spacial score (nSPS) is 17.0. The molecule has 1 aliphatic heterocycles.